The zero-order chi connectivity index (χ0) is 20.4. The Morgan fingerprint density at radius 2 is 1.89 bits per heavy atom. The third kappa shape index (κ3) is 4.72. The van der Waals surface area contributed by atoms with Crippen molar-refractivity contribution in [3.8, 4) is 5.69 Å². The average Bonchev–Trinajstić information content (AvgIpc) is 2.58. The maximum Gasteiger partial charge on any atom is 0.414 e. The highest BCUT2D eigenvalue weighted by Gasteiger charge is 2.21. The normalized spacial score (nSPS) is 11.0. The monoisotopic (exact) mass is 373 g/mol. The Morgan fingerprint density at radius 3 is 2.41 bits per heavy atom. The van der Waals surface area contributed by atoms with E-state index in [4.69, 9.17) is 4.74 Å². The molecule has 2 rings (SSSR count). The second kappa shape index (κ2) is 7.61. The number of aryl methyl sites for hydroxylation is 1. The van der Waals surface area contributed by atoms with Gasteiger partial charge in [0.15, 0.2) is 5.69 Å². The molecule has 0 bridgehead atoms. The van der Waals surface area contributed by atoms with Gasteiger partial charge in [0.2, 0.25) is 0 Å². The van der Waals surface area contributed by atoms with Crippen LogP contribution in [0.15, 0.2) is 35.4 Å². The molecular formula is C19H23N3O5. The molecule has 0 aromatic carbocycles. The van der Waals surface area contributed by atoms with Crippen LogP contribution in [0.5, 0.6) is 0 Å². The molecule has 8 nitrogen and oxygen atoms in total. The SMILES string of the molecule is COC(=O)c1ncc(-n2ccc(N(C)C(=O)OC(C)(C)C)cc2=O)cc1C. The van der Waals surface area contributed by atoms with Crippen LogP contribution >= 0.6 is 0 Å². The molecule has 8 heteroatoms. The topological polar surface area (TPSA) is 90.7 Å². The largest absolute Gasteiger partial charge is 0.464 e. The lowest BCUT2D eigenvalue weighted by molar-refractivity contribution is 0.0581. The lowest BCUT2D eigenvalue weighted by Gasteiger charge is -2.24. The van der Waals surface area contributed by atoms with Crippen molar-refractivity contribution in [3.63, 3.8) is 0 Å². The smallest absolute Gasteiger partial charge is 0.414 e. The average molecular weight is 373 g/mol. The Morgan fingerprint density at radius 1 is 1.22 bits per heavy atom. The number of amides is 1. The Labute approximate surface area is 157 Å². The van der Waals surface area contributed by atoms with Crippen LogP contribution in [0.4, 0.5) is 10.5 Å². The predicted molar refractivity (Wildman–Crippen MR) is 101 cm³/mol. The minimum absolute atomic E-state index is 0.190. The first kappa shape index (κ1) is 20.2. The van der Waals surface area contributed by atoms with Crippen molar-refractivity contribution in [1.82, 2.24) is 9.55 Å². The molecule has 0 spiro atoms. The van der Waals surface area contributed by atoms with E-state index in [0.29, 0.717) is 16.9 Å². The summed E-state index contributed by atoms with van der Waals surface area (Å²) in [7, 11) is 2.81. The highest BCUT2D eigenvalue weighted by molar-refractivity contribution is 5.89. The van der Waals surface area contributed by atoms with E-state index in [9.17, 15) is 14.4 Å². The Bertz CT molecular complexity index is 928. The van der Waals surface area contributed by atoms with E-state index in [0.717, 1.165) is 0 Å². The van der Waals surface area contributed by atoms with Crippen molar-refractivity contribution in [2.75, 3.05) is 19.1 Å². The predicted octanol–water partition coefficient (Wildman–Crippen LogP) is 2.70. The molecule has 0 radical (unpaired) electrons. The van der Waals surface area contributed by atoms with Crippen molar-refractivity contribution in [2.45, 2.75) is 33.3 Å². The van der Waals surface area contributed by atoms with Crippen molar-refractivity contribution in [1.29, 1.82) is 0 Å². The number of methoxy groups -OCH3 is 1. The maximum atomic E-state index is 12.5. The van der Waals surface area contributed by atoms with Gasteiger partial charge in [-0.05, 0) is 45.4 Å². The molecule has 2 aromatic heterocycles. The van der Waals surface area contributed by atoms with Gasteiger partial charge in [-0.3, -0.25) is 14.3 Å². The van der Waals surface area contributed by atoms with Crippen LogP contribution < -0.4 is 10.5 Å². The molecule has 144 valence electrons. The number of nitrogens with zero attached hydrogens (tertiary/aromatic N) is 3. The van der Waals surface area contributed by atoms with Crippen molar-refractivity contribution in [2.24, 2.45) is 0 Å². The van der Waals surface area contributed by atoms with Gasteiger partial charge in [-0.15, -0.1) is 0 Å². The number of ether oxygens (including phenoxy) is 2. The Hall–Kier alpha value is -3.16. The number of hydrogen-bond acceptors (Lipinski definition) is 6. The van der Waals surface area contributed by atoms with Crippen LogP contribution in [0, 0.1) is 6.92 Å². The number of rotatable bonds is 3. The molecule has 0 aliphatic rings. The maximum absolute atomic E-state index is 12.5. The molecule has 0 atom stereocenters. The van der Waals surface area contributed by atoms with Crippen molar-refractivity contribution >= 4 is 17.7 Å². The van der Waals surface area contributed by atoms with Gasteiger partial charge in [0.1, 0.15) is 5.60 Å². The molecule has 2 aromatic rings. The van der Waals surface area contributed by atoms with E-state index < -0.39 is 17.7 Å². The zero-order valence-electron chi connectivity index (χ0n) is 16.3. The summed E-state index contributed by atoms with van der Waals surface area (Å²) in [6, 6.07) is 4.61. The lowest BCUT2D eigenvalue weighted by Crippen LogP contribution is -2.34. The van der Waals surface area contributed by atoms with Gasteiger partial charge in [0.25, 0.3) is 5.56 Å². The summed E-state index contributed by atoms with van der Waals surface area (Å²) in [6.07, 6.45) is 2.39. The molecule has 0 N–H and O–H groups in total. The van der Waals surface area contributed by atoms with E-state index in [1.54, 1.807) is 39.8 Å². The quantitative estimate of drug-likeness (QED) is 0.769. The minimum Gasteiger partial charge on any atom is -0.464 e. The van der Waals surface area contributed by atoms with E-state index in [1.807, 2.05) is 0 Å². The molecule has 27 heavy (non-hydrogen) atoms. The number of carbonyl (C=O) groups excluding carboxylic acids is 2. The number of pyridine rings is 2. The summed E-state index contributed by atoms with van der Waals surface area (Å²) in [6.45, 7) is 7.01. The van der Waals surface area contributed by atoms with Gasteiger partial charge >= 0.3 is 12.1 Å². The zero-order valence-corrected chi connectivity index (χ0v) is 16.3. The first-order valence-electron chi connectivity index (χ1n) is 8.28. The molecule has 2 heterocycles. The number of aromatic nitrogens is 2. The van der Waals surface area contributed by atoms with Crippen molar-refractivity contribution in [3.05, 3.63) is 52.2 Å². The number of esters is 1. The van der Waals surface area contributed by atoms with Gasteiger partial charge in [0.05, 0.1) is 24.7 Å². The van der Waals surface area contributed by atoms with E-state index in [2.05, 4.69) is 9.72 Å². The number of hydrogen-bond donors (Lipinski definition) is 0. The molecule has 0 unspecified atom stereocenters. The fraction of sp³-hybridized carbons (Fsp3) is 0.368. The summed E-state index contributed by atoms with van der Waals surface area (Å²) < 4.78 is 11.3. The summed E-state index contributed by atoms with van der Waals surface area (Å²) in [4.78, 5) is 41.6. The second-order valence-corrected chi connectivity index (χ2v) is 6.98. The number of carbonyl (C=O) groups is 2. The highest BCUT2D eigenvalue weighted by Crippen LogP contribution is 2.17. The van der Waals surface area contributed by atoms with Gasteiger partial charge in [0, 0.05) is 19.3 Å². The summed E-state index contributed by atoms with van der Waals surface area (Å²) in [5, 5.41) is 0. The van der Waals surface area contributed by atoms with Gasteiger partial charge in [-0.25, -0.2) is 14.6 Å². The van der Waals surface area contributed by atoms with E-state index in [1.165, 1.54) is 42.1 Å². The van der Waals surface area contributed by atoms with Crippen LogP contribution in [-0.4, -0.2) is 41.4 Å². The van der Waals surface area contributed by atoms with E-state index >= 15 is 0 Å². The second-order valence-electron chi connectivity index (χ2n) is 6.98. The third-order valence-corrected chi connectivity index (χ3v) is 3.68. The van der Waals surface area contributed by atoms with Gasteiger partial charge in [-0.2, -0.15) is 0 Å². The molecule has 1 amide bonds. The van der Waals surface area contributed by atoms with Gasteiger partial charge in [-0.1, -0.05) is 0 Å². The van der Waals surface area contributed by atoms with Crippen LogP contribution in [0.3, 0.4) is 0 Å². The third-order valence-electron chi connectivity index (χ3n) is 3.68. The van der Waals surface area contributed by atoms with Crippen molar-refractivity contribution < 1.29 is 19.1 Å². The molecule has 0 saturated carbocycles. The molecule has 0 aliphatic carbocycles. The fourth-order valence-electron chi connectivity index (χ4n) is 2.33. The molecule has 0 fully saturated rings. The Balaban J connectivity index is 2.32. The van der Waals surface area contributed by atoms with E-state index in [-0.39, 0.29) is 11.3 Å². The molecule has 0 aliphatic heterocycles. The molecular weight excluding hydrogens is 350 g/mol. The van der Waals surface area contributed by atoms with Crippen LogP contribution in [0.25, 0.3) is 5.69 Å². The first-order valence-corrected chi connectivity index (χ1v) is 8.28. The van der Waals surface area contributed by atoms with Crippen LogP contribution in [0.2, 0.25) is 0 Å². The molecule has 0 saturated heterocycles. The summed E-state index contributed by atoms with van der Waals surface area (Å²) in [5.74, 6) is -0.541. The highest BCUT2D eigenvalue weighted by atomic mass is 16.6. The lowest BCUT2D eigenvalue weighted by atomic mass is 10.2. The fourth-order valence-corrected chi connectivity index (χ4v) is 2.33. The summed E-state index contributed by atoms with van der Waals surface area (Å²) in [5.41, 5.74) is 0.690. The minimum atomic E-state index is -0.634. The first-order chi connectivity index (χ1) is 12.5. The number of anilines is 1. The van der Waals surface area contributed by atoms with Crippen LogP contribution in [0.1, 0.15) is 36.8 Å². The summed E-state index contributed by atoms with van der Waals surface area (Å²) >= 11 is 0. The Kier molecular flexibility index (Phi) is 5.68. The van der Waals surface area contributed by atoms with Gasteiger partial charge < -0.3 is 9.47 Å². The standard InChI is InChI=1S/C19H23N3O5/c1-12-9-14(11-20-16(12)17(24)26-6)22-8-7-13(10-15(22)23)21(5)18(25)27-19(2,3)4/h7-11H,1-6H3. The van der Waals surface area contributed by atoms with Crippen LogP contribution in [-0.2, 0) is 9.47 Å².